The number of carbonyl (C=O) groups excluding carboxylic acids is 2. The van der Waals surface area contributed by atoms with E-state index in [4.69, 9.17) is 9.32 Å². The first-order valence-corrected chi connectivity index (χ1v) is 21.6. The van der Waals surface area contributed by atoms with E-state index in [-0.39, 0.29) is 10.8 Å². The molecule has 48 heavy (non-hydrogen) atoms. The van der Waals surface area contributed by atoms with Crippen LogP contribution in [0.25, 0.3) is 0 Å². The van der Waals surface area contributed by atoms with Crippen molar-refractivity contribution in [3.05, 3.63) is 46.5 Å². The number of phenols is 1. The monoisotopic (exact) mass is 711 g/mol. The molecule has 0 aliphatic heterocycles. The van der Waals surface area contributed by atoms with Crippen molar-refractivity contribution in [3.8, 4) is 11.5 Å². The Labute approximate surface area is 294 Å². The number of phenolic OH excluding ortho intramolecular Hbond substituents is 1. The number of aromatic hydroxyl groups is 1. The van der Waals surface area contributed by atoms with Gasteiger partial charge in [0.05, 0.1) is 4.90 Å². The van der Waals surface area contributed by atoms with Gasteiger partial charge in [-0.3, -0.25) is 9.59 Å². The van der Waals surface area contributed by atoms with Crippen molar-refractivity contribution < 1.29 is 27.3 Å². The summed E-state index contributed by atoms with van der Waals surface area (Å²) in [5, 5.41) is 15.2. The van der Waals surface area contributed by atoms with E-state index in [2.05, 4.69) is 26.0 Å². The van der Waals surface area contributed by atoms with Gasteiger partial charge in [-0.25, -0.2) is 0 Å². The van der Waals surface area contributed by atoms with Crippen LogP contribution >= 0.6 is 23.5 Å². The molecule has 0 aromatic heterocycles. The van der Waals surface area contributed by atoms with Crippen LogP contribution in [0, 0.1) is 34.5 Å². The summed E-state index contributed by atoms with van der Waals surface area (Å²) in [6.07, 6.45) is 15.9. The predicted octanol–water partition coefficient (Wildman–Crippen LogP) is 7.96. The average molecular weight is 712 g/mol. The molecule has 260 valence electrons. The number of rotatable bonds is 4. The zero-order valence-electron chi connectivity index (χ0n) is 28.5. The molecule has 0 amide bonds. The van der Waals surface area contributed by atoms with Crippen molar-refractivity contribution in [1.29, 1.82) is 0 Å². The number of hydrogen-bond acceptors (Lipinski definition) is 8. The fraction of sp³-hybridized carbons (Fsp3) is 0.632. The van der Waals surface area contributed by atoms with Gasteiger partial charge in [-0.2, -0.15) is 13.6 Å². The molecule has 6 aliphatic carbocycles. The van der Waals surface area contributed by atoms with Crippen LogP contribution in [-0.4, -0.2) is 37.6 Å². The van der Waals surface area contributed by atoms with E-state index < -0.39 is 10.3 Å². The Morgan fingerprint density at radius 3 is 1.69 bits per heavy atom. The highest BCUT2D eigenvalue weighted by atomic mass is 32.2. The maximum Gasteiger partial charge on any atom is 0.380 e. The van der Waals surface area contributed by atoms with E-state index in [0.29, 0.717) is 58.6 Å². The van der Waals surface area contributed by atoms with Crippen molar-refractivity contribution >= 4 is 45.4 Å². The SMILES string of the molecule is CSc1cc2c(cc1O)CCC1C2CC[C@]2(C)C(=O)CCC12.CSc1cc2c(cc1OS(N)(=O)=O)CCC1C2CC[C@]2(C)C(=O)CCC12. The van der Waals surface area contributed by atoms with Gasteiger partial charge in [0.2, 0.25) is 0 Å². The summed E-state index contributed by atoms with van der Waals surface area (Å²) < 4.78 is 27.8. The van der Waals surface area contributed by atoms with E-state index in [0.717, 1.165) is 86.0 Å². The van der Waals surface area contributed by atoms with Gasteiger partial charge in [-0.1, -0.05) is 13.8 Å². The fourth-order valence-corrected chi connectivity index (χ4v) is 12.7. The fourth-order valence-electron chi connectivity index (χ4n) is 11.2. The Morgan fingerprint density at radius 2 is 1.21 bits per heavy atom. The Kier molecular flexibility index (Phi) is 9.07. The number of hydrogen-bond donors (Lipinski definition) is 2. The van der Waals surface area contributed by atoms with Crippen LogP contribution in [0.15, 0.2) is 34.1 Å². The number of Topliss-reactive ketones (excluding diaryl/α,β-unsaturated/α-hetero) is 2. The lowest BCUT2D eigenvalue weighted by Gasteiger charge is -2.48. The first-order valence-electron chi connectivity index (χ1n) is 17.7. The largest absolute Gasteiger partial charge is 0.507 e. The smallest absolute Gasteiger partial charge is 0.380 e. The molecular weight excluding hydrogens is 663 g/mol. The van der Waals surface area contributed by atoms with Crippen LogP contribution in [0.5, 0.6) is 11.5 Å². The van der Waals surface area contributed by atoms with Gasteiger partial charge in [-0.15, -0.1) is 23.5 Å². The topological polar surface area (TPSA) is 124 Å². The minimum atomic E-state index is -4.04. The van der Waals surface area contributed by atoms with Gasteiger partial charge >= 0.3 is 10.3 Å². The lowest BCUT2D eigenvalue weighted by molar-refractivity contribution is -0.130. The molecule has 2 aromatic rings. The third-order valence-corrected chi connectivity index (χ3v) is 15.6. The first kappa shape index (κ1) is 34.4. The molecule has 0 heterocycles. The highest BCUT2D eigenvalue weighted by Crippen LogP contribution is 2.61. The summed E-state index contributed by atoms with van der Waals surface area (Å²) in [5.41, 5.74) is 5.10. The van der Waals surface area contributed by atoms with E-state index in [1.54, 1.807) is 11.8 Å². The van der Waals surface area contributed by atoms with Gasteiger partial charge in [-0.05, 0) is 159 Å². The van der Waals surface area contributed by atoms with Crippen LogP contribution in [0.2, 0.25) is 0 Å². The van der Waals surface area contributed by atoms with Crippen LogP contribution < -0.4 is 9.32 Å². The quantitative estimate of drug-likeness (QED) is 0.307. The van der Waals surface area contributed by atoms with Crippen LogP contribution in [0.3, 0.4) is 0 Å². The zero-order chi connectivity index (χ0) is 34.2. The highest BCUT2D eigenvalue weighted by molar-refractivity contribution is 7.99. The normalized spacial score (nSPS) is 34.9. The van der Waals surface area contributed by atoms with E-state index in [9.17, 15) is 23.1 Å². The molecule has 8 rings (SSSR count). The van der Waals surface area contributed by atoms with Crippen molar-refractivity contribution in [3.63, 3.8) is 0 Å². The zero-order valence-corrected chi connectivity index (χ0v) is 31.0. The van der Waals surface area contributed by atoms with E-state index in [1.165, 1.54) is 34.9 Å². The number of fused-ring (bicyclic) bond motifs is 10. The first-order chi connectivity index (χ1) is 22.8. The lowest BCUT2D eigenvalue weighted by atomic mass is 9.55. The second kappa shape index (κ2) is 12.6. The minimum Gasteiger partial charge on any atom is -0.507 e. The summed E-state index contributed by atoms with van der Waals surface area (Å²) in [4.78, 5) is 26.6. The molecule has 4 saturated carbocycles. The molecule has 10 heteroatoms. The summed E-state index contributed by atoms with van der Waals surface area (Å²) >= 11 is 3.09. The molecule has 0 radical (unpaired) electrons. The van der Waals surface area contributed by atoms with Crippen LogP contribution in [0.1, 0.15) is 112 Å². The third-order valence-electron chi connectivity index (χ3n) is 13.7. The Hall–Kier alpha value is -2.01. The lowest BCUT2D eigenvalue weighted by Crippen LogP contribution is -2.42. The Balaban J connectivity index is 0.000000154. The molecule has 2 aromatic carbocycles. The number of nitrogens with two attached hydrogens (primary N) is 1. The highest BCUT2D eigenvalue weighted by Gasteiger charge is 2.56. The van der Waals surface area contributed by atoms with Gasteiger partial charge in [0.1, 0.15) is 17.3 Å². The maximum absolute atomic E-state index is 12.4. The molecule has 7 nitrogen and oxygen atoms in total. The molecular formula is C38H49NO6S3. The predicted molar refractivity (Wildman–Crippen MR) is 191 cm³/mol. The number of carbonyl (C=O) groups is 2. The number of benzene rings is 2. The summed E-state index contributed by atoms with van der Waals surface area (Å²) in [5.74, 6) is 5.06. The van der Waals surface area contributed by atoms with Crippen LogP contribution in [0.4, 0.5) is 0 Å². The average Bonchev–Trinajstić information content (AvgIpc) is 3.53. The van der Waals surface area contributed by atoms with Gasteiger partial charge in [0.15, 0.2) is 5.75 Å². The molecule has 6 unspecified atom stereocenters. The van der Waals surface area contributed by atoms with Gasteiger partial charge < -0.3 is 9.29 Å². The maximum atomic E-state index is 12.4. The molecule has 0 bridgehead atoms. The Morgan fingerprint density at radius 1 is 0.729 bits per heavy atom. The molecule has 3 N–H and O–H groups in total. The summed E-state index contributed by atoms with van der Waals surface area (Å²) in [7, 11) is -4.04. The molecule has 6 aliphatic rings. The molecule has 4 fully saturated rings. The van der Waals surface area contributed by atoms with Crippen molar-refractivity contribution in [2.24, 2.45) is 39.6 Å². The van der Waals surface area contributed by atoms with E-state index >= 15 is 0 Å². The number of aryl methyl sites for hydroxylation is 2. The Bertz CT molecular complexity index is 1760. The third kappa shape index (κ3) is 5.74. The van der Waals surface area contributed by atoms with E-state index in [1.807, 2.05) is 24.6 Å². The van der Waals surface area contributed by atoms with Gasteiger partial charge in [0, 0.05) is 28.6 Å². The number of ketones is 2. The summed E-state index contributed by atoms with van der Waals surface area (Å²) in [6, 6.07) is 8.17. The van der Waals surface area contributed by atoms with Crippen molar-refractivity contribution in [2.75, 3.05) is 12.5 Å². The molecule has 0 saturated heterocycles. The van der Waals surface area contributed by atoms with Gasteiger partial charge in [0.25, 0.3) is 0 Å². The second-order valence-electron chi connectivity index (χ2n) is 15.7. The van der Waals surface area contributed by atoms with Crippen molar-refractivity contribution in [2.45, 2.75) is 113 Å². The van der Waals surface area contributed by atoms with Crippen LogP contribution in [-0.2, 0) is 32.7 Å². The van der Waals surface area contributed by atoms with Crippen molar-refractivity contribution in [1.82, 2.24) is 0 Å². The summed E-state index contributed by atoms with van der Waals surface area (Å²) in [6.45, 7) is 4.40. The molecule has 8 atom stereocenters. The second-order valence-corrected chi connectivity index (χ2v) is 18.5. The molecule has 0 spiro atoms. The number of thioether (sulfide) groups is 2. The standard InChI is InChI=1S/C19H25NO4S2.C19H24O2S/c1-19-8-7-12-13(15(19)5-6-18(19)21)4-3-11-9-16(24-26(20,22)23)17(25-2)10-14(11)12;1-19-8-7-12-13(15(19)5-6-18(19)21)4-3-11-9-16(20)17(22-2)10-14(11)12/h9-10,12-13,15H,3-8H2,1-2H3,(H2,20,22,23);9-10,12-13,15,20H,3-8H2,1-2H3/t2*12?,13?,15?,19-/m00/s1. The minimum absolute atomic E-state index is 0.0437.